The fourth-order valence-electron chi connectivity index (χ4n) is 7.49. The highest BCUT2D eigenvalue weighted by atomic mass is 32.2. The topological polar surface area (TPSA) is 183 Å². The number of pyridine rings is 2. The molecule has 2 aliphatic carbocycles. The number of carbonyl (C=O) groups excluding carboxylic acids is 1. The number of halogens is 2. The van der Waals surface area contributed by atoms with E-state index in [0.29, 0.717) is 59.6 Å². The quantitative estimate of drug-likeness (QED) is 0.106. The van der Waals surface area contributed by atoms with Gasteiger partial charge in [0, 0.05) is 18.0 Å². The maximum Gasteiger partial charge on any atom is 0.314 e. The Bertz CT molecular complexity index is 2420. The first-order valence-electron chi connectivity index (χ1n) is 20.2. The van der Waals surface area contributed by atoms with Crippen LogP contribution in [0.5, 0.6) is 0 Å². The number of hydrogen-bond donors (Lipinski definition) is 1. The van der Waals surface area contributed by atoms with Gasteiger partial charge in [0.15, 0.2) is 5.78 Å². The monoisotopic (exact) mass is 863 g/mol. The molecule has 7 rings (SSSR count). The fourth-order valence-corrected chi connectivity index (χ4v) is 11.5. The lowest BCUT2D eigenvalue weighted by Gasteiger charge is -2.31. The molecule has 0 bridgehead atoms. The number of aromatic nitrogens is 4. The number of nitrogens with two attached hydrogens (primary N) is 1. The minimum atomic E-state index is -3.59. The summed E-state index contributed by atoms with van der Waals surface area (Å²) in [5, 5.41) is 6.15. The molecule has 13 nitrogen and oxygen atoms in total. The molecule has 0 saturated heterocycles. The van der Waals surface area contributed by atoms with Crippen LogP contribution in [0.4, 0.5) is 20.2 Å². The largest absolute Gasteiger partial charge is 0.415 e. The summed E-state index contributed by atoms with van der Waals surface area (Å²) in [6, 6.07) is 21.5. The summed E-state index contributed by atoms with van der Waals surface area (Å²) >= 11 is 0. The van der Waals surface area contributed by atoms with Gasteiger partial charge in [-0.3, -0.25) is 23.4 Å². The second kappa shape index (κ2) is 20.0. The van der Waals surface area contributed by atoms with E-state index in [-0.39, 0.29) is 36.6 Å². The second-order valence-electron chi connectivity index (χ2n) is 15.3. The molecule has 0 unspecified atom stereocenters. The molecule has 2 fully saturated rings. The Hall–Kier alpha value is -5.13. The van der Waals surface area contributed by atoms with Gasteiger partial charge in [0.25, 0.3) is 5.89 Å². The lowest BCUT2D eigenvalue weighted by Crippen LogP contribution is -2.39. The Morgan fingerprint density at radius 1 is 0.717 bits per heavy atom. The van der Waals surface area contributed by atoms with E-state index in [9.17, 15) is 30.4 Å². The molecule has 320 valence electrons. The molecule has 3 heterocycles. The Labute approximate surface area is 350 Å². The van der Waals surface area contributed by atoms with Crippen LogP contribution in [0.2, 0.25) is 0 Å². The predicted octanol–water partition coefficient (Wildman–Crippen LogP) is 8.25. The van der Waals surface area contributed by atoms with Gasteiger partial charge in [-0.1, -0.05) is 62.8 Å². The number of aryl methyl sites for hydroxylation is 2. The van der Waals surface area contributed by atoms with E-state index in [1.807, 2.05) is 56.3 Å². The van der Waals surface area contributed by atoms with Crippen molar-refractivity contribution in [2.24, 2.45) is 5.73 Å². The average molecular weight is 864 g/mol. The zero-order chi connectivity index (χ0) is 42.9. The number of rotatable bonds is 14. The number of anilines is 2. The van der Waals surface area contributed by atoms with Crippen LogP contribution in [0, 0.1) is 13.8 Å². The molecule has 5 aromatic rings. The molecular formula is C43H51F2N7O6S2. The maximum absolute atomic E-state index is 13.6. The minimum Gasteiger partial charge on any atom is -0.415 e. The van der Waals surface area contributed by atoms with Gasteiger partial charge in [-0.25, -0.2) is 16.8 Å². The zero-order valence-electron chi connectivity index (χ0n) is 33.8. The molecule has 0 spiro atoms. The van der Waals surface area contributed by atoms with Crippen molar-refractivity contribution in [3.63, 3.8) is 0 Å². The van der Waals surface area contributed by atoms with Gasteiger partial charge in [0.1, 0.15) is 0 Å². The van der Waals surface area contributed by atoms with Crippen LogP contribution in [0.1, 0.15) is 109 Å². The number of alkyl halides is 2. The van der Waals surface area contributed by atoms with Gasteiger partial charge in [-0.15, -0.1) is 10.2 Å². The second-order valence-corrected chi connectivity index (χ2v) is 19.5. The summed E-state index contributed by atoms with van der Waals surface area (Å²) in [6.07, 6.45) is 8.58. The number of carbonyl (C=O) groups is 1. The van der Waals surface area contributed by atoms with Crippen molar-refractivity contribution >= 4 is 37.2 Å². The van der Waals surface area contributed by atoms with E-state index >= 15 is 0 Å². The molecule has 60 heavy (non-hydrogen) atoms. The first-order chi connectivity index (χ1) is 28.8. The highest BCUT2D eigenvalue weighted by Gasteiger charge is 2.35. The minimum absolute atomic E-state index is 0.0642. The third-order valence-corrected chi connectivity index (χ3v) is 15.3. The summed E-state index contributed by atoms with van der Waals surface area (Å²) in [7, 11) is -7.11. The van der Waals surface area contributed by atoms with Crippen LogP contribution >= 0.6 is 0 Å². The van der Waals surface area contributed by atoms with Crippen LogP contribution < -0.4 is 14.3 Å². The van der Waals surface area contributed by atoms with Crippen molar-refractivity contribution in [2.75, 3.05) is 15.2 Å². The van der Waals surface area contributed by atoms with Crippen LogP contribution in [-0.2, 0) is 33.1 Å². The first kappa shape index (κ1) is 44.4. The molecule has 0 amide bonds. The lowest BCUT2D eigenvalue weighted by molar-refractivity contribution is 0.100. The van der Waals surface area contributed by atoms with Crippen LogP contribution in [0.25, 0.3) is 11.5 Å². The molecule has 0 aliphatic heterocycles. The predicted molar refractivity (Wildman–Crippen MR) is 226 cm³/mol. The summed E-state index contributed by atoms with van der Waals surface area (Å²) in [5.41, 5.74) is 10.5. The van der Waals surface area contributed by atoms with Gasteiger partial charge in [-0.2, -0.15) is 8.78 Å². The van der Waals surface area contributed by atoms with Gasteiger partial charge in [0.05, 0.1) is 58.5 Å². The van der Waals surface area contributed by atoms with E-state index < -0.39 is 37.6 Å². The normalized spacial score (nSPS) is 15.3. The van der Waals surface area contributed by atoms with E-state index in [1.165, 1.54) is 21.0 Å². The zero-order valence-corrected chi connectivity index (χ0v) is 35.4. The van der Waals surface area contributed by atoms with Gasteiger partial charge in [0.2, 0.25) is 25.9 Å². The van der Waals surface area contributed by atoms with Gasteiger partial charge >= 0.3 is 6.43 Å². The Morgan fingerprint density at radius 3 is 1.62 bits per heavy atom. The number of Topliss-reactive ketones (excluding diaryl/α,β-unsaturated/α-hetero) is 1. The average Bonchev–Trinajstić information content (AvgIpc) is 3.77. The van der Waals surface area contributed by atoms with Crippen molar-refractivity contribution in [1.29, 1.82) is 0 Å². The SMILES string of the molecule is Cc1cccc(N(Cc2ccc(-c3nnc(C(F)F)o3)cn2)S(=O)(=O)C2CCCCC2)c1.Cc1cccc(N(Cc2ccc(C(=O)CN)cn2)S(=O)(=O)C2CCCCC2)c1. The Kier molecular flexibility index (Phi) is 14.8. The summed E-state index contributed by atoms with van der Waals surface area (Å²) in [5.74, 6) is -1.01. The highest BCUT2D eigenvalue weighted by Crippen LogP contribution is 2.33. The summed E-state index contributed by atoms with van der Waals surface area (Å²) < 4.78 is 87.2. The fraction of sp³-hybridized carbons (Fsp3) is 0.419. The number of hydrogen-bond acceptors (Lipinski definition) is 11. The molecule has 0 radical (unpaired) electrons. The summed E-state index contributed by atoms with van der Waals surface area (Å²) in [4.78, 5) is 20.3. The first-order valence-corrected chi connectivity index (χ1v) is 23.2. The van der Waals surface area contributed by atoms with E-state index in [2.05, 4.69) is 20.2 Å². The van der Waals surface area contributed by atoms with E-state index in [1.54, 1.807) is 30.3 Å². The van der Waals surface area contributed by atoms with Crippen molar-refractivity contribution < 1.29 is 34.8 Å². The van der Waals surface area contributed by atoms with E-state index in [0.717, 1.165) is 49.7 Å². The van der Waals surface area contributed by atoms with Crippen molar-refractivity contribution in [2.45, 2.75) is 108 Å². The molecule has 17 heteroatoms. The molecule has 3 aromatic heterocycles. The number of benzene rings is 2. The molecule has 2 aliphatic rings. The molecule has 0 atom stereocenters. The van der Waals surface area contributed by atoms with Crippen LogP contribution in [0.15, 0.2) is 89.6 Å². The van der Waals surface area contributed by atoms with Crippen molar-refractivity contribution in [3.8, 4) is 11.5 Å². The van der Waals surface area contributed by atoms with Crippen molar-refractivity contribution in [3.05, 3.63) is 119 Å². The number of ketones is 1. The third kappa shape index (κ3) is 11.0. The third-order valence-electron chi connectivity index (χ3n) is 10.8. The maximum atomic E-state index is 13.6. The number of sulfonamides is 2. The van der Waals surface area contributed by atoms with Gasteiger partial charge < -0.3 is 10.2 Å². The summed E-state index contributed by atoms with van der Waals surface area (Å²) in [6.45, 7) is 3.99. The molecule has 2 saturated carbocycles. The lowest BCUT2D eigenvalue weighted by atomic mass is 10.0. The molecule has 2 aromatic carbocycles. The van der Waals surface area contributed by atoms with Crippen LogP contribution in [-0.4, -0.2) is 59.8 Å². The number of nitrogens with zero attached hydrogens (tertiary/aromatic N) is 6. The Balaban J connectivity index is 0.000000203. The Morgan fingerprint density at radius 2 is 1.22 bits per heavy atom. The smallest absolute Gasteiger partial charge is 0.314 e. The van der Waals surface area contributed by atoms with Crippen LogP contribution in [0.3, 0.4) is 0 Å². The molecular weight excluding hydrogens is 813 g/mol. The molecule has 2 N–H and O–H groups in total. The van der Waals surface area contributed by atoms with Crippen molar-refractivity contribution in [1.82, 2.24) is 20.2 Å². The van der Waals surface area contributed by atoms with E-state index in [4.69, 9.17) is 10.2 Å². The highest BCUT2D eigenvalue weighted by molar-refractivity contribution is 7.93. The standard InChI is InChI=1S/C22H24F2N4O3S.C21H27N3O3S/c1-15-6-5-7-18(12-15)28(32(29,30)19-8-3-2-4-9-19)14-17-11-10-16(13-25-17)21-26-27-22(31-21)20(23)24;1-16-6-5-7-19(12-16)24(28(26,27)20-8-3-2-4-9-20)15-18-11-10-17(14-23-18)21(25)13-22/h5-7,10-13,19-20H,2-4,8-9,14H2,1H3;5-7,10-12,14,20H,2-4,8-9,13,15,22H2,1H3. The van der Waals surface area contributed by atoms with Gasteiger partial charge in [-0.05, 0) is 99.2 Å².